The van der Waals surface area contributed by atoms with Gasteiger partial charge in [0.1, 0.15) is 0 Å². The molecule has 0 bridgehead atoms. The van der Waals surface area contributed by atoms with Gasteiger partial charge in [-0.15, -0.1) is 0 Å². The van der Waals surface area contributed by atoms with Crippen LogP contribution in [0.25, 0.3) is 0 Å². The van der Waals surface area contributed by atoms with E-state index in [-0.39, 0.29) is 6.47 Å². The van der Waals surface area contributed by atoms with Crippen LogP contribution in [-0.2, 0) is 4.79 Å². The quantitative estimate of drug-likeness (QED) is 0.590. The van der Waals surface area contributed by atoms with Gasteiger partial charge in [-0.1, -0.05) is 18.2 Å². The third-order valence-corrected chi connectivity index (χ3v) is 1.27. The van der Waals surface area contributed by atoms with Crippen molar-refractivity contribution in [3.8, 4) is 6.07 Å². The van der Waals surface area contributed by atoms with Crippen LogP contribution in [0.3, 0.4) is 0 Å². The van der Waals surface area contributed by atoms with Gasteiger partial charge >= 0.3 is 0 Å². The van der Waals surface area contributed by atoms with Gasteiger partial charge in [0.05, 0.1) is 11.6 Å². The molecule has 0 unspecified atom stereocenters. The van der Waals surface area contributed by atoms with Crippen LogP contribution in [0.15, 0.2) is 24.3 Å². The van der Waals surface area contributed by atoms with E-state index in [4.69, 9.17) is 15.2 Å². The zero-order chi connectivity index (χ0) is 9.40. The highest BCUT2D eigenvalue weighted by molar-refractivity contribution is 5.35. The van der Waals surface area contributed by atoms with Gasteiger partial charge in [-0.25, -0.2) is 0 Å². The maximum Gasteiger partial charge on any atom is 0.290 e. The van der Waals surface area contributed by atoms with E-state index in [0.29, 0.717) is 0 Å². The van der Waals surface area contributed by atoms with Gasteiger partial charge in [0.25, 0.3) is 6.47 Å². The number of carbonyl (C=O) groups is 1. The van der Waals surface area contributed by atoms with Crippen molar-refractivity contribution in [3.05, 3.63) is 35.4 Å². The molecule has 0 heterocycles. The van der Waals surface area contributed by atoms with E-state index >= 15 is 0 Å². The molecule has 0 saturated heterocycles. The molecule has 62 valence electrons. The number of hydrogen-bond donors (Lipinski definition) is 1. The maximum atomic E-state index is 8.47. The van der Waals surface area contributed by atoms with Crippen molar-refractivity contribution >= 4 is 6.47 Å². The number of hydrogen-bond acceptors (Lipinski definition) is 2. The zero-order valence-corrected chi connectivity index (χ0v) is 6.69. The first-order valence-electron chi connectivity index (χ1n) is 3.29. The lowest BCUT2D eigenvalue weighted by Crippen LogP contribution is -1.77. The molecule has 12 heavy (non-hydrogen) atoms. The molecule has 0 amide bonds. The third kappa shape index (κ3) is 3.37. The van der Waals surface area contributed by atoms with Crippen molar-refractivity contribution in [1.82, 2.24) is 0 Å². The summed E-state index contributed by atoms with van der Waals surface area (Å²) in [6.45, 7) is 1.68. The van der Waals surface area contributed by atoms with Crippen molar-refractivity contribution in [2.24, 2.45) is 0 Å². The van der Waals surface area contributed by atoms with Crippen LogP contribution < -0.4 is 0 Å². The smallest absolute Gasteiger partial charge is 0.290 e. The maximum absolute atomic E-state index is 8.47. The Morgan fingerprint density at radius 1 is 1.50 bits per heavy atom. The minimum atomic E-state index is -0.250. The molecular formula is C9H9NO2. The second-order valence-corrected chi connectivity index (χ2v) is 2.03. The molecular weight excluding hydrogens is 154 g/mol. The Morgan fingerprint density at radius 3 is 2.33 bits per heavy atom. The predicted molar refractivity (Wildman–Crippen MR) is 44.6 cm³/mol. The van der Waals surface area contributed by atoms with E-state index in [1.807, 2.05) is 31.2 Å². The summed E-state index contributed by atoms with van der Waals surface area (Å²) in [5.74, 6) is 0. The fourth-order valence-corrected chi connectivity index (χ4v) is 0.698. The van der Waals surface area contributed by atoms with E-state index in [1.165, 1.54) is 0 Å². The van der Waals surface area contributed by atoms with Crippen molar-refractivity contribution in [2.75, 3.05) is 0 Å². The third-order valence-electron chi connectivity index (χ3n) is 1.27. The molecule has 0 atom stereocenters. The fourth-order valence-electron chi connectivity index (χ4n) is 0.698. The molecule has 0 fully saturated rings. The number of rotatable bonds is 0. The van der Waals surface area contributed by atoms with Gasteiger partial charge in [-0.3, -0.25) is 4.79 Å². The molecule has 0 aliphatic heterocycles. The Hall–Kier alpha value is -1.82. The number of aryl methyl sites for hydroxylation is 1. The standard InChI is InChI=1S/C8H7N.CH2O2/c1-7-4-2-3-5-8(7)6-9;2-1-3/h2-5H,1H3;1H,(H,2,3). The molecule has 0 aliphatic rings. The molecule has 1 aromatic rings. The van der Waals surface area contributed by atoms with E-state index < -0.39 is 0 Å². The average Bonchev–Trinajstić information content (AvgIpc) is 2.07. The number of carboxylic acid groups (broad SMARTS) is 1. The first-order chi connectivity index (χ1) is 5.76. The molecule has 0 aromatic heterocycles. The Kier molecular flexibility index (Phi) is 5.03. The van der Waals surface area contributed by atoms with Crippen LogP contribution >= 0.6 is 0 Å². The number of nitrogens with zero attached hydrogens (tertiary/aromatic N) is 1. The molecule has 0 aliphatic carbocycles. The predicted octanol–water partition coefficient (Wildman–Crippen LogP) is 1.57. The molecule has 0 saturated carbocycles. The summed E-state index contributed by atoms with van der Waals surface area (Å²) in [5, 5.41) is 15.4. The number of benzene rings is 1. The summed E-state index contributed by atoms with van der Waals surface area (Å²) in [5.41, 5.74) is 1.80. The second-order valence-electron chi connectivity index (χ2n) is 2.03. The van der Waals surface area contributed by atoms with Crippen LogP contribution in [0.1, 0.15) is 11.1 Å². The van der Waals surface area contributed by atoms with Crippen molar-refractivity contribution in [3.63, 3.8) is 0 Å². The molecule has 3 nitrogen and oxygen atoms in total. The monoisotopic (exact) mass is 163 g/mol. The normalized spacial score (nSPS) is 7.33. The van der Waals surface area contributed by atoms with Crippen LogP contribution in [0.5, 0.6) is 0 Å². The van der Waals surface area contributed by atoms with Gasteiger partial charge in [-0.2, -0.15) is 5.26 Å². The van der Waals surface area contributed by atoms with Crippen molar-refractivity contribution in [2.45, 2.75) is 6.92 Å². The lowest BCUT2D eigenvalue weighted by Gasteiger charge is -1.90. The minimum absolute atomic E-state index is 0.250. The summed E-state index contributed by atoms with van der Waals surface area (Å²) >= 11 is 0. The van der Waals surface area contributed by atoms with E-state index in [2.05, 4.69) is 6.07 Å². The molecule has 3 heteroatoms. The van der Waals surface area contributed by atoms with Crippen molar-refractivity contribution < 1.29 is 9.90 Å². The average molecular weight is 163 g/mol. The minimum Gasteiger partial charge on any atom is -0.483 e. The Labute approximate surface area is 70.9 Å². The van der Waals surface area contributed by atoms with Gasteiger partial charge in [-0.05, 0) is 18.6 Å². The first kappa shape index (κ1) is 10.2. The summed E-state index contributed by atoms with van der Waals surface area (Å²) in [7, 11) is 0. The first-order valence-corrected chi connectivity index (χ1v) is 3.29. The summed E-state index contributed by atoms with van der Waals surface area (Å²) in [4.78, 5) is 8.36. The van der Waals surface area contributed by atoms with Crippen LogP contribution in [0.2, 0.25) is 0 Å². The topological polar surface area (TPSA) is 61.1 Å². The molecule has 1 rings (SSSR count). The van der Waals surface area contributed by atoms with Gasteiger partial charge in [0.2, 0.25) is 0 Å². The second kappa shape index (κ2) is 5.93. The van der Waals surface area contributed by atoms with E-state index in [9.17, 15) is 0 Å². The number of nitriles is 1. The highest BCUT2D eigenvalue weighted by atomic mass is 16.3. The molecule has 0 spiro atoms. The fraction of sp³-hybridized carbons (Fsp3) is 0.111. The van der Waals surface area contributed by atoms with Gasteiger partial charge < -0.3 is 5.11 Å². The summed E-state index contributed by atoms with van der Waals surface area (Å²) in [6.07, 6.45) is 0. The van der Waals surface area contributed by atoms with Gasteiger partial charge in [0.15, 0.2) is 0 Å². The van der Waals surface area contributed by atoms with Crippen LogP contribution in [0.4, 0.5) is 0 Å². The Balaban J connectivity index is 0.000000354. The lowest BCUT2D eigenvalue weighted by molar-refractivity contribution is -0.122. The Bertz CT molecular complexity index is 289. The zero-order valence-electron chi connectivity index (χ0n) is 6.69. The van der Waals surface area contributed by atoms with Crippen LogP contribution in [0, 0.1) is 18.3 Å². The highest BCUT2D eigenvalue weighted by Crippen LogP contribution is 2.03. The largest absolute Gasteiger partial charge is 0.483 e. The van der Waals surface area contributed by atoms with Crippen molar-refractivity contribution in [1.29, 1.82) is 5.26 Å². The summed E-state index contributed by atoms with van der Waals surface area (Å²) in [6, 6.07) is 9.63. The van der Waals surface area contributed by atoms with E-state index in [1.54, 1.807) is 0 Å². The summed E-state index contributed by atoms with van der Waals surface area (Å²) < 4.78 is 0. The van der Waals surface area contributed by atoms with Gasteiger partial charge in [0, 0.05) is 0 Å². The van der Waals surface area contributed by atoms with Crippen LogP contribution in [-0.4, -0.2) is 11.6 Å². The molecule has 0 radical (unpaired) electrons. The lowest BCUT2D eigenvalue weighted by atomic mass is 10.1. The van der Waals surface area contributed by atoms with E-state index in [0.717, 1.165) is 11.1 Å². The SMILES string of the molecule is Cc1ccccc1C#N.O=CO. The molecule has 1 aromatic carbocycles. The Morgan fingerprint density at radius 2 is 2.00 bits per heavy atom. The highest BCUT2D eigenvalue weighted by Gasteiger charge is 1.89. The molecule has 1 N–H and O–H groups in total.